The highest BCUT2D eigenvalue weighted by Gasteiger charge is 2.09. The number of aromatic nitrogens is 1. The van der Waals surface area contributed by atoms with Crippen LogP contribution in [0.2, 0.25) is 0 Å². The molecule has 6 nitrogen and oxygen atoms in total. The van der Waals surface area contributed by atoms with E-state index >= 15 is 0 Å². The lowest BCUT2D eigenvalue weighted by atomic mass is 10.1. The Morgan fingerprint density at radius 3 is 2.65 bits per heavy atom. The minimum atomic E-state index is -0.391. The first-order valence-electron chi connectivity index (χ1n) is 7.65. The minimum absolute atomic E-state index is 0.0457. The van der Waals surface area contributed by atoms with Gasteiger partial charge < -0.3 is 15.0 Å². The van der Waals surface area contributed by atoms with E-state index in [0.717, 1.165) is 17.4 Å². The Kier molecular flexibility index (Phi) is 5.51. The van der Waals surface area contributed by atoms with Crippen LogP contribution in [0.5, 0.6) is 0 Å². The molecule has 1 heterocycles. The van der Waals surface area contributed by atoms with Crippen LogP contribution in [0.1, 0.15) is 32.3 Å². The van der Waals surface area contributed by atoms with Gasteiger partial charge in [-0.05, 0) is 31.0 Å². The first-order chi connectivity index (χ1) is 11.0. The number of pyridine rings is 1. The van der Waals surface area contributed by atoms with Crippen molar-refractivity contribution in [3.8, 4) is 0 Å². The van der Waals surface area contributed by atoms with Crippen LogP contribution >= 0.6 is 0 Å². The van der Waals surface area contributed by atoms with Gasteiger partial charge in [-0.3, -0.25) is 14.4 Å². The Bertz CT molecular complexity index is 780. The molecule has 1 aromatic carbocycles. The van der Waals surface area contributed by atoms with Crippen molar-refractivity contribution in [1.29, 1.82) is 0 Å². The van der Waals surface area contributed by atoms with Crippen LogP contribution in [-0.4, -0.2) is 23.5 Å². The number of nitrogens with one attached hydrogen (secondary N) is 2. The second kappa shape index (κ2) is 7.58. The van der Waals surface area contributed by atoms with Crippen LogP contribution in [0.3, 0.4) is 0 Å². The van der Waals surface area contributed by atoms with E-state index in [4.69, 9.17) is 4.74 Å². The van der Waals surface area contributed by atoms with Crippen molar-refractivity contribution in [2.24, 2.45) is 0 Å². The average Bonchev–Trinajstić information content (AvgIpc) is 2.52. The smallest absolute Gasteiger partial charge is 0.306 e. The number of ether oxygens (including phenoxy) is 1. The molecule has 0 aliphatic rings. The quantitative estimate of drug-likeness (QED) is 0.801. The molecular formula is C17H20N2O4. The molecule has 0 aliphatic carbocycles. The number of carbonyl (C=O) groups is 2. The summed E-state index contributed by atoms with van der Waals surface area (Å²) < 4.78 is 4.78. The Balaban J connectivity index is 2.10. The Morgan fingerprint density at radius 2 is 1.96 bits per heavy atom. The summed E-state index contributed by atoms with van der Waals surface area (Å²) in [5.41, 5.74) is 2.05. The molecule has 6 heteroatoms. The van der Waals surface area contributed by atoms with Gasteiger partial charge in [0.25, 0.3) is 0 Å². The van der Waals surface area contributed by atoms with E-state index in [1.807, 2.05) is 13.0 Å². The molecule has 122 valence electrons. The maximum absolute atomic E-state index is 11.9. The SMILES string of the molecule is CCOC(=O)CCC(=O)Nc1ccc2c(CC)cc(=O)[nH]c2c1. The highest BCUT2D eigenvalue weighted by atomic mass is 16.5. The molecule has 23 heavy (non-hydrogen) atoms. The van der Waals surface area contributed by atoms with Gasteiger partial charge in [0, 0.05) is 23.6 Å². The molecule has 0 fully saturated rings. The maximum Gasteiger partial charge on any atom is 0.306 e. The first kappa shape index (κ1) is 16.7. The number of aromatic amines is 1. The van der Waals surface area contributed by atoms with Crippen LogP contribution in [-0.2, 0) is 20.7 Å². The number of anilines is 1. The number of aryl methyl sites for hydroxylation is 1. The summed E-state index contributed by atoms with van der Waals surface area (Å²) in [4.78, 5) is 37.5. The van der Waals surface area contributed by atoms with E-state index in [-0.39, 0.29) is 24.3 Å². The summed E-state index contributed by atoms with van der Waals surface area (Å²) in [6.07, 6.45) is 0.859. The Hall–Kier alpha value is -2.63. The normalized spacial score (nSPS) is 10.5. The molecular weight excluding hydrogens is 296 g/mol. The van der Waals surface area contributed by atoms with E-state index in [0.29, 0.717) is 17.8 Å². The number of esters is 1. The van der Waals surface area contributed by atoms with Crippen LogP contribution in [0, 0.1) is 0 Å². The third-order valence-electron chi connectivity index (χ3n) is 3.45. The van der Waals surface area contributed by atoms with Gasteiger partial charge in [0.05, 0.1) is 18.5 Å². The molecule has 0 saturated carbocycles. The standard InChI is InChI=1S/C17H20N2O4/c1-3-11-9-16(21)19-14-10-12(5-6-13(11)14)18-15(20)7-8-17(22)23-4-2/h5-6,9-10H,3-4,7-8H2,1-2H3,(H,18,20)(H,19,21). The molecule has 0 bridgehead atoms. The van der Waals surface area contributed by atoms with Gasteiger partial charge in [-0.15, -0.1) is 0 Å². The van der Waals surface area contributed by atoms with E-state index in [2.05, 4.69) is 10.3 Å². The molecule has 0 radical (unpaired) electrons. The van der Waals surface area contributed by atoms with E-state index in [9.17, 15) is 14.4 Å². The fourth-order valence-electron chi connectivity index (χ4n) is 2.38. The zero-order chi connectivity index (χ0) is 16.8. The average molecular weight is 316 g/mol. The molecule has 1 aromatic heterocycles. The fraction of sp³-hybridized carbons (Fsp3) is 0.353. The lowest BCUT2D eigenvalue weighted by Crippen LogP contribution is -2.14. The van der Waals surface area contributed by atoms with Crippen molar-refractivity contribution in [3.63, 3.8) is 0 Å². The topological polar surface area (TPSA) is 88.3 Å². The van der Waals surface area contributed by atoms with Crippen molar-refractivity contribution in [2.75, 3.05) is 11.9 Å². The summed E-state index contributed by atoms with van der Waals surface area (Å²) in [7, 11) is 0. The van der Waals surface area contributed by atoms with Crippen molar-refractivity contribution in [3.05, 3.63) is 40.2 Å². The third-order valence-corrected chi connectivity index (χ3v) is 3.45. The maximum atomic E-state index is 11.9. The van der Waals surface area contributed by atoms with Crippen LogP contribution in [0.15, 0.2) is 29.1 Å². The predicted octanol–water partition coefficient (Wildman–Crippen LogP) is 2.37. The van der Waals surface area contributed by atoms with Gasteiger partial charge in [0.2, 0.25) is 11.5 Å². The summed E-state index contributed by atoms with van der Waals surface area (Å²) in [6, 6.07) is 6.95. The van der Waals surface area contributed by atoms with E-state index in [1.54, 1.807) is 25.1 Å². The van der Waals surface area contributed by atoms with Crippen LogP contribution in [0.25, 0.3) is 10.9 Å². The summed E-state index contributed by atoms with van der Waals surface area (Å²) in [6.45, 7) is 4.01. The van der Waals surface area contributed by atoms with Gasteiger partial charge in [-0.25, -0.2) is 0 Å². The summed E-state index contributed by atoms with van der Waals surface area (Å²) in [5.74, 6) is -0.663. The first-order valence-corrected chi connectivity index (χ1v) is 7.65. The lowest BCUT2D eigenvalue weighted by Gasteiger charge is -2.08. The number of rotatable bonds is 6. The highest BCUT2D eigenvalue weighted by Crippen LogP contribution is 2.20. The van der Waals surface area contributed by atoms with Gasteiger partial charge in [0.15, 0.2) is 0 Å². The van der Waals surface area contributed by atoms with E-state index in [1.165, 1.54) is 0 Å². The summed E-state index contributed by atoms with van der Waals surface area (Å²) >= 11 is 0. The van der Waals surface area contributed by atoms with Crippen molar-refractivity contribution < 1.29 is 14.3 Å². The fourth-order valence-corrected chi connectivity index (χ4v) is 2.38. The van der Waals surface area contributed by atoms with Gasteiger partial charge in [-0.2, -0.15) is 0 Å². The monoisotopic (exact) mass is 316 g/mol. The van der Waals surface area contributed by atoms with Crippen molar-refractivity contribution in [2.45, 2.75) is 33.1 Å². The number of H-pyrrole nitrogens is 1. The second-order valence-corrected chi connectivity index (χ2v) is 5.13. The van der Waals surface area contributed by atoms with Gasteiger partial charge >= 0.3 is 5.97 Å². The van der Waals surface area contributed by atoms with Crippen LogP contribution in [0.4, 0.5) is 5.69 Å². The number of fused-ring (bicyclic) bond motifs is 1. The zero-order valence-corrected chi connectivity index (χ0v) is 13.3. The largest absolute Gasteiger partial charge is 0.466 e. The molecule has 0 atom stereocenters. The number of hydrogen-bond acceptors (Lipinski definition) is 4. The molecule has 2 N–H and O–H groups in total. The van der Waals surface area contributed by atoms with Gasteiger partial charge in [0.1, 0.15) is 0 Å². The molecule has 2 aromatic rings. The Morgan fingerprint density at radius 1 is 1.17 bits per heavy atom. The number of benzene rings is 1. The van der Waals surface area contributed by atoms with Crippen LogP contribution < -0.4 is 10.9 Å². The van der Waals surface area contributed by atoms with Crippen molar-refractivity contribution in [1.82, 2.24) is 4.98 Å². The molecule has 0 unspecified atom stereocenters. The van der Waals surface area contributed by atoms with E-state index < -0.39 is 5.97 Å². The van der Waals surface area contributed by atoms with Crippen molar-refractivity contribution >= 4 is 28.5 Å². The molecule has 0 saturated heterocycles. The Labute approximate surface area is 133 Å². The number of carbonyl (C=O) groups excluding carboxylic acids is 2. The molecule has 0 aliphatic heterocycles. The molecule has 1 amide bonds. The predicted molar refractivity (Wildman–Crippen MR) is 88.4 cm³/mol. The zero-order valence-electron chi connectivity index (χ0n) is 13.3. The molecule has 2 rings (SSSR count). The minimum Gasteiger partial charge on any atom is -0.466 e. The highest BCUT2D eigenvalue weighted by molar-refractivity contribution is 5.95. The van der Waals surface area contributed by atoms with Gasteiger partial charge in [-0.1, -0.05) is 13.0 Å². The molecule has 0 spiro atoms. The summed E-state index contributed by atoms with van der Waals surface area (Å²) in [5, 5.41) is 3.67. The second-order valence-electron chi connectivity index (χ2n) is 5.13. The third kappa shape index (κ3) is 4.42. The number of amides is 1. The number of hydrogen-bond donors (Lipinski definition) is 2. The lowest BCUT2D eigenvalue weighted by molar-refractivity contribution is -0.144.